The number of hydrogen-bond donors (Lipinski definition) is 2. The van der Waals surface area contributed by atoms with Gasteiger partial charge in [-0.2, -0.15) is 0 Å². The monoisotopic (exact) mass is 239 g/mol. The van der Waals surface area contributed by atoms with Crippen LogP contribution in [0.15, 0.2) is 18.2 Å². The van der Waals surface area contributed by atoms with Crippen molar-refractivity contribution in [2.45, 2.75) is 39.3 Å². The Hall–Kier alpha value is -1.42. The molecule has 0 spiro atoms. The zero-order chi connectivity index (χ0) is 13.0. The molecule has 2 N–H and O–H groups in total. The van der Waals surface area contributed by atoms with Gasteiger partial charge in [-0.05, 0) is 51.0 Å². The highest BCUT2D eigenvalue weighted by molar-refractivity contribution is 5.95. The summed E-state index contributed by atoms with van der Waals surface area (Å²) in [7, 11) is 0. The number of hydrogen-bond acceptors (Lipinski definition) is 2. The summed E-state index contributed by atoms with van der Waals surface area (Å²) in [5.74, 6) is -0.591. The van der Waals surface area contributed by atoms with Gasteiger partial charge < -0.3 is 10.4 Å². The summed E-state index contributed by atoms with van der Waals surface area (Å²) in [5.41, 5.74) is 1.07. The van der Waals surface area contributed by atoms with Crippen LogP contribution in [-0.2, 0) is 0 Å². The quantitative estimate of drug-likeness (QED) is 0.844. The number of aryl methyl sites for hydroxylation is 1. The van der Waals surface area contributed by atoms with E-state index >= 15 is 0 Å². The Balaban J connectivity index is 2.70. The molecule has 0 radical (unpaired) electrons. The number of nitrogens with one attached hydrogen (secondary N) is 1. The molecule has 0 aliphatic rings. The maximum Gasteiger partial charge on any atom is 0.251 e. The van der Waals surface area contributed by atoms with Crippen LogP contribution in [0.4, 0.5) is 4.39 Å². The molecule has 0 aliphatic carbocycles. The fourth-order valence-corrected chi connectivity index (χ4v) is 1.75. The van der Waals surface area contributed by atoms with E-state index in [-0.39, 0.29) is 17.8 Å². The van der Waals surface area contributed by atoms with Gasteiger partial charge in [-0.3, -0.25) is 4.79 Å². The first kappa shape index (κ1) is 13.6. The Morgan fingerprint density at radius 2 is 2.12 bits per heavy atom. The number of halogens is 1. The second kappa shape index (κ2) is 5.77. The third-order valence-corrected chi connectivity index (χ3v) is 2.51. The number of benzene rings is 1. The first-order valence-electron chi connectivity index (χ1n) is 5.65. The Morgan fingerprint density at radius 1 is 1.47 bits per heavy atom. The minimum atomic E-state index is -0.459. The van der Waals surface area contributed by atoms with Crippen molar-refractivity contribution in [3.8, 4) is 0 Å². The van der Waals surface area contributed by atoms with E-state index in [9.17, 15) is 14.3 Å². The molecule has 0 saturated heterocycles. The number of amides is 1. The van der Waals surface area contributed by atoms with Gasteiger partial charge in [0.25, 0.3) is 5.91 Å². The Morgan fingerprint density at radius 3 is 2.65 bits per heavy atom. The predicted octanol–water partition coefficient (Wildman–Crippen LogP) is 2.02. The zero-order valence-corrected chi connectivity index (χ0v) is 10.3. The molecule has 3 nitrogen and oxygen atoms in total. The van der Waals surface area contributed by atoms with E-state index in [2.05, 4.69) is 5.32 Å². The Kier molecular flexibility index (Phi) is 4.63. The standard InChI is InChI=1S/C13H18FNO2/c1-8-6-11(14)4-5-12(8)13(17)15-9(2)7-10(3)16/h4-6,9-10,16H,7H2,1-3H3,(H,15,17). The van der Waals surface area contributed by atoms with E-state index in [1.807, 2.05) is 6.92 Å². The minimum absolute atomic E-state index is 0.119. The molecular formula is C13H18FNO2. The first-order chi connectivity index (χ1) is 7.90. The van der Waals surface area contributed by atoms with Crippen molar-refractivity contribution in [2.24, 2.45) is 0 Å². The van der Waals surface area contributed by atoms with E-state index in [1.54, 1.807) is 13.8 Å². The Labute approximate surface area is 101 Å². The van der Waals surface area contributed by atoms with Gasteiger partial charge >= 0.3 is 0 Å². The SMILES string of the molecule is Cc1cc(F)ccc1C(=O)NC(C)CC(C)O. The first-order valence-corrected chi connectivity index (χ1v) is 5.65. The van der Waals surface area contributed by atoms with Crippen molar-refractivity contribution in [1.82, 2.24) is 5.32 Å². The highest BCUT2D eigenvalue weighted by atomic mass is 19.1. The lowest BCUT2D eigenvalue weighted by Gasteiger charge is -2.16. The van der Waals surface area contributed by atoms with E-state index < -0.39 is 6.10 Å². The molecule has 1 aromatic rings. The molecule has 94 valence electrons. The molecule has 0 aromatic heterocycles. The number of rotatable bonds is 4. The van der Waals surface area contributed by atoms with Gasteiger partial charge in [0.05, 0.1) is 6.10 Å². The van der Waals surface area contributed by atoms with Crippen LogP contribution in [0.2, 0.25) is 0 Å². The fourth-order valence-electron chi connectivity index (χ4n) is 1.75. The van der Waals surface area contributed by atoms with Crippen LogP contribution in [0.25, 0.3) is 0 Å². The fraction of sp³-hybridized carbons (Fsp3) is 0.462. The lowest BCUT2D eigenvalue weighted by Crippen LogP contribution is -2.35. The normalized spacial score (nSPS) is 14.2. The van der Waals surface area contributed by atoms with Crippen molar-refractivity contribution in [1.29, 1.82) is 0 Å². The molecule has 1 rings (SSSR count). The molecule has 2 atom stereocenters. The molecular weight excluding hydrogens is 221 g/mol. The van der Waals surface area contributed by atoms with Crippen LogP contribution < -0.4 is 5.32 Å². The molecule has 0 aliphatic heterocycles. The molecule has 4 heteroatoms. The van der Waals surface area contributed by atoms with Crippen LogP contribution in [0, 0.1) is 12.7 Å². The van der Waals surface area contributed by atoms with Gasteiger partial charge in [0, 0.05) is 11.6 Å². The molecule has 0 heterocycles. The third kappa shape index (κ3) is 4.15. The van der Waals surface area contributed by atoms with Gasteiger partial charge in [-0.25, -0.2) is 4.39 Å². The topological polar surface area (TPSA) is 49.3 Å². The van der Waals surface area contributed by atoms with Crippen molar-refractivity contribution < 1.29 is 14.3 Å². The van der Waals surface area contributed by atoms with Crippen molar-refractivity contribution in [3.63, 3.8) is 0 Å². The summed E-state index contributed by atoms with van der Waals surface area (Å²) in [4.78, 5) is 11.9. The van der Waals surface area contributed by atoms with Crippen molar-refractivity contribution in [3.05, 3.63) is 35.1 Å². The van der Waals surface area contributed by atoms with Crippen LogP contribution in [0.5, 0.6) is 0 Å². The van der Waals surface area contributed by atoms with Crippen molar-refractivity contribution in [2.75, 3.05) is 0 Å². The predicted molar refractivity (Wildman–Crippen MR) is 64.4 cm³/mol. The number of carbonyl (C=O) groups excluding carboxylic acids is 1. The summed E-state index contributed by atoms with van der Waals surface area (Å²) in [5, 5.41) is 12.0. The van der Waals surface area contributed by atoms with Gasteiger partial charge in [0.15, 0.2) is 0 Å². The van der Waals surface area contributed by atoms with Crippen LogP contribution in [0.3, 0.4) is 0 Å². The summed E-state index contributed by atoms with van der Waals surface area (Å²) in [6, 6.07) is 3.94. The maximum absolute atomic E-state index is 12.9. The highest BCUT2D eigenvalue weighted by Crippen LogP contribution is 2.10. The smallest absolute Gasteiger partial charge is 0.251 e. The summed E-state index contributed by atoms with van der Waals surface area (Å²) < 4.78 is 12.9. The number of aliphatic hydroxyl groups excluding tert-OH is 1. The molecule has 0 fully saturated rings. The summed E-state index contributed by atoms with van der Waals surface area (Å²) >= 11 is 0. The Bertz CT molecular complexity index is 404. The van der Waals surface area contributed by atoms with E-state index in [0.29, 0.717) is 17.5 Å². The summed E-state index contributed by atoms with van der Waals surface area (Å²) in [6.07, 6.45) is 0.0334. The average Bonchev–Trinajstić information content (AvgIpc) is 2.15. The van der Waals surface area contributed by atoms with E-state index in [4.69, 9.17) is 0 Å². The molecule has 17 heavy (non-hydrogen) atoms. The average molecular weight is 239 g/mol. The number of aliphatic hydroxyl groups is 1. The van der Waals surface area contributed by atoms with Gasteiger partial charge in [-0.15, -0.1) is 0 Å². The highest BCUT2D eigenvalue weighted by Gasteiger charge is 2.13. The number of carbonyl (C=O) groups is 1. The maximum atomic E-state index is 12.9. The molecule has 0 bridgehead atoms. The van der Waals surface area contributed by atoms with Gasteiger partial charge in [-0.1, -0.05) is 0 Å². The molecule has 1 amide bonds. The van der Waals surface area contributed by atoms with Gasteiger partial charge in [0.1, 0.15) is 5.82 Å². The van der Waals surface area contributed by atoms with Crippen LogP contribution in [-0.4, -0.2) is 23.2 Å². The summed E-state index contributed by atoms with van der Waals surface area (Å²) in [6.45, 7) is 5.19. The zero-order valence-electron chi connectivity index (χ0n) is 10.3. The van der Waals surface area contributed by atoms with Crippen molar-refractivity contribution >= 4 is 5.91 Å². The second-order valence-electron chi connectivity index (χ2n) is 4.42. The second-order valence-corrected chi connectivity index (χ2v) is 4.42. The van der Waals surface area contributed by atoms with Crippen LogP contribution in [0.1, 0.15) is 36.2 Å². The van der Waals surface area contributed by atoms with Gasteiger partial charge in [0.2, 0.25) is 0 Å². The van der Waals surface area contributed by atoms with E-state index in [1.165, 1.54) is 18.2 Å². The van der Waals surface area contributed by atoms with Crippen LogP contribution >= 0.6 is 0 Å². The lowest BCUT2D eigenvalue weighted by atomic mass is 10.1. The minimum Gasteiger partial charge on any atom is -0.393 e. The van der Waals surface area contributed by atoms with E-state index in [0.717, 1.165) is 0 Å². The third-order valence-electron chi connectivity index (χ3n) is 2.51. The lowest BCUT2D eigenvalue weighted by molar-refractivity contribution is 0.0922. The molecule has 1 aromatic carbocycles. The molecule has 2 unspecified atom stereocenters. The largest absolute Gasteiger partial charge is 0.393 e. The molecule has 0 saturated carbocycles.